The maximum atomic E-state index is 12.3. The van der Waals surface area contributed by atoms with Gasteiger partial charge in [-0.25, -0.2) is 4.79 Å². The Balaban J connectivity index is 1.66. The summed E-state index contributed by atoms with van der Waals surface area (Å²) in [5, 5.41) is 12.2. The van der Waals surface area contributed by atoms with Gasteiger partial charge in [0.25, 0.3) is 0 Å². The summed E-state index contributed by atoms with van der Waals surface area (Å²) in [6, 6.07) is 8.00. The standard InChI is InChI=1S/C16H20N2O4/c19-14(17-16(15(20)21)6-9-22-10-7-16)11-18-8-5-12-3-1-2-4-13(12)18/h1-4H,5-11H2,(H,17,19)(H,20,21). The number of nitrogens with one attached hydrogen (secondary N) is 1. The summed E-state index contributed by atoms with van der Waals surface area (Å²) >= 11 is 0. The zero-order valence-electron chi connectivity index (χ0n) is 12.4. The molecule has 0 unspecified atom stereocenters. The van der Waals surface area contributed by atoms with Crippen LogP contribution in [0.4, 0.5) is 5.69 Å². The maximum Gasteiger partial charge on any atom is 0.329 e. The van der Waals surface area contributed by atoms with Gasteiger partial charge in [-0.3, -0.25) is 4.79 Å². The summed E-state index contributed by atoms with van der Waals surface area (Å²) in [6.45, 7) is 1.70. The minimum atomic E-state index is -1.19. The number of carboxylic acid groups (broad SMARTS) is 1. The highest BCUT2D eigenvalue weighted by atomic mass is 16.5. The summed E-state index contributed by atoms with van der Waals surface area (Å²) in [7, 11) is 0. The van der Waals surface area contributed by atoms with Crippen molar-refractivity contribution in [3.05, 3.63) is 29.8 Å². The first-order valence-corrected chi connectivity index (χ1v) is 7.56. The van der Waals surface area contributed by atoms with Crippen molar-refractivity contribution in [3.8, 4) is 0 Å². The second kappa shape index (κ2) is 5.96. The minimum absolute atomic E-state index is 0.187. The predicted molar refractivity (Wildman–Crippen MR) is 80.9 cm³/mol. The van der Waals surface area contributed by atoms with E-state index in [0.717, 1.165) is 18.7 Å². The van der Waals surface area contributed by atoms with Gasteiger partial charge in [0.1, 0.15) is 5.54 Å². The minimum Gasteiger partial charge on any atom is -0.480 e. The molecule has 1 aromatic rings. The van der Waals surface area contributed by atoms with Gasteiger partial charge in [-0.15, -0.1) is 0 Å². The molecule has 0 atom stereocenters. The van der Waals surface area contributed by atoms with E-state index in [4.69, 9.17) is 4.74 Å². The molecular formula is C16H20N2O4. The molecule has 118 valence electrons. The fourth-order valence-electron chi connectivity index (χ4n) is 3.16. The van der Waals surface area contributed by atoms with Crippen molar-refractivity contribution < 1.29 is 19.4 Å². The van der Waals surface area contributed by atoms with E-state index >= 15 is 0 Å². The second-order valence-corrected chi connectivity index (χ2v) is 5.85. The van der Waals surface area contributed by atoms with Crippen LogP contribution in [0.1, 0.15) is 18.4 Å². The molecule has 3 rings (SSSR count). The number of carboxylic acids is 1. The van der Waals surface area contributed by atoms with Crippen LogP contribution in [-0.4, -0.2) is 48.8 Å². The van der Waals surface area contributed by atoms with Gasteiger partial charge in [-0.1, -0.05) is 18.2 Å². The number of fused-ring (bicyclic) bond motifs is 1. The summed E-state index contributed by atoms with van der Waals surface area (Å²) in [4.78, 5) is 25.9. The molecule has 0 spiro atoms. The van der Waals surface area contributed by atoms with Gasteiger partial charge in [-0.05, 0) is 18.1 Å². The largest absolute Gasteiger partial charge is 0.480 e. The summed E-state index contributed by atoms with van der Waals surface area (Å²) in [6.07, 6.45) is 1.54. The van der Waals surface area contributed by atoms with E-state index in [1.165, 1.54) is 5.56 Å². The quantitative estimate of drug-likeness (QED) is 0.860. The van der Waals surface area contributed by atoms with Crippen molar-refractivity contribution in [2.45, 2.75) is 24.8 Å². The van der Waals surface area contributed by atoms with Crippen LogP contribution >= 0.6 is 0 Å². The Morgan fingerprint density at radius 3 is 2.73 bits per heavy atom. The van der Waals surface area contributed by atoms with E-state index in [-0.39, 0.29) is 12.5 Å². The zero-order valence-corrected chi connectivity index (χ0v) is 12.4. The molecular weight excluding hydrogens is 284 g/mol. The Morgan fingerprint density at radius 1 is 1.27 bits per heavy atom. The molecule has 6 nitrogen and oxygen atoms in total. The molecule has 0 radical (unpaired) electrons. The SMILES string of the molecule is O=C(CN1CCc2ccccc21)NC1(C(=O)O)CCOCC1. The monoisotopic (exact) mass is 304 g/mol. The molecule has 6 heteroatoms. The van der Waals surface area contributed by atoms with E-state index in [0.29, 0.717) is 26.1 Å². The van der Waals surface area contributed by atoms with Crippen LogP contribution in [0.25, 0.3) is 0 Å². The lowest BCUT2D eigenvalue weighted by molar-refractivity contribution is -0.151. The fraction of sp³-hybridized carbons (Fsp3) is 0.500. The van der Waals surface area contributed by atoms with Crippen molar-refractivity contribution in [3.63, 3.8) is 0 Å². The van der Waals surface area contributed by atoms with Crippen molar-refractivity contribution in [1.29, 1.82) is 0 Å². The number of hydrogen-bond donors (Lipinski definition) is 2. The molecule has 0 saturated carbocycles. The molecule has 2 N–H and O–H groups in total. The molecule has 1 amide bonds. The number of ether oxygens (including phenoxy) is 1. The van der Waals surface area contributed by atoms with Crippen molar-refractivity contribution in [2.75, 3.05) is 31.2 Å². The molecule has 2 heterocycles. The topological polar surface area (TPSA) is 78.9 Å². The molecule has 1 fully saturated rings. The summed E-state index contributed by atoms with van der Waals surface area (Å²) in [5.41, 5.74) is 1.11. The van der Waals surface area contributed by atoms with E-state index in [1.807, 2.05) is 23.1 Å². The number of para-hydroxylation sites is 1. The number of carbonyl (C=O) groups is 2. The Hall–Kier alpha value is -2.08. The van der Waals surface area contributed by atoms with Crippen LogP contribution in [-0.2, 0) is 20.7 Å². The van der Waals surface area contributed by atoms with E-state index < -0.39 is 11.5 Å². The highest BCUT2D eigenvalue weighted by molar-refractivity contribution is 5.89. The number of carbonyl (C=O) groups excluding carboxylic acids is 1. The lowest BCUT2D eigenvalue weighted by atomic mass is 9.90. The highest BCUT2D eigenvalue weighted by Crippen LogP contribution is 2.27. The van der Waals surface area contributed by atoms with Crippen LogP contribution in [0.15, 0.2) is 24.3 Å². The third-order valence-corrected chi connectivity index (χ3v) is 4.45. The lowest BCUT2D eigenvalue weighted by Gasteiger charge is -2.34. The van der Waals surface area contributed by atoms with Gasteiger partial charge in [0, 0.05) is 38.3 Å². The van der Waals surface area contributed by atoms with Crippen molar-refractivity contribution in [1.82, 2.24) is 5.32 Å². The Bertz CT molecular complexity index is 581. The molecule has 1 saturated heterocycles. The van der Waals surface area contributed by atoms with Crippen LogP contribution in [0.5, 0.6) is 0 Å². The Kier molecular flexibility index (Phi) is 4.02. The van der Waals surface area contributed by atoms with Crippen LogP contribution in [0, 0.1) is 0 Å². The molecule has 22 heavy (non-hydrogen) atoms. The van der Waals surface area contributed by atoms with E-state index in [2.05, 4.69) is 11.4 Å². The molecule has 0 aromatic heterocycles. The number of anilines is 1. The summed E-state index contributed by atoms with van der Waals surface area (Å²) in [5.74, 6) is -1.23. The van der Waals surface area contributed by atoms with Crippen molar-refractivity contribution >= 4 is 17.6 Å². The molecule has 2 aliphatic heterocycles. The number of amides is 1. The molecule has 0 bridgehead atoms. The maximum absolute atomic E-state index is 12.3. The first kappa shape index (κ1) is 14.8. The third kappa shape index (κ3) is 2.78. The first-order valence-electron chi connectivity index (χ1n) is 7.56. The van der Waals surface area contributed by atoms with E-state index in [1.54, 1.807) is 0 Å². The third-order valence-electron chi connectivity index (χ3n) is 4.45. The van der Waals surface area contributed by atoms with Crippen LogP contribution < -0.4 is 10.2 Å². The van der Waals surface area contributed by atoms with Crippen LogP contribution in [0.3, 0.4) is 0 Å². The number of hydrogen-bond acceptors (Lipinski definition) is 4. The second-order valence-electron chi connectivity index (χ2n) is 5.85. The predicted octanol–water partition coefficient (Wildman–Crippen LogP) is 0.799. The Morgan fingerprint density at radius 2 is 2.00 bits per heavy atom. The number of rotatable bonds is 4. The fourth-order valence-corrected chi connectivity index (χ4v) is 3.16. The van der Waals surface area contributed by atoms with Gasteiger partial charge < -0.3 is 20.1 Å². The molecule has 2 aliphatic rings. The Labute approximate surface area is 129 Å². The van der Waals surface area contributed by atoms with Crippen LogP contribution in [0.2, 0.25) is 0 Å². The molecule has 0 aliphatic carbocycles. The summed E-state index contributed by atoms with van der Waals surface area (Å²) < 4.78 is 5.21. The smallest absolute Gasteiger partial charge is 0.329 e. The van der Waals surface area contributed by atoms with Gasteiger partial charge >= 0.3 is 5.97 Å². The van der Waals surface area contributed by atoms with Crippen molar-refractivity contribution in [2.24, 2.45) is 0 Å². The number of aliphatic carboxylic acids is 1. The first-order chi connectivity index (χ1) is 10.6. The van der Waals surface area contributed by atoms with Gasteiger partial charge in [0.2, 0.25) is 5.91 Å². The van der Waals surface area contributed by atoms with Gasteiger partial charge in [-0.2, -0.15) is 0 Å². The highest BCUT2D eigenvalue weighted by Gasteiger charge is 2.41. The average molecular weight is 304 g/mol. The van der Waals surface area contributed by atoms with Gasteiger partial charge in [0.15, 0.2) is 0 Å². The molecule has 1 aromatic carbocycles. The van der Waals surface area contributed by atoms with E-state index in [9.17, 15) is 14.7 Å². The zero-order chi connectivity index (χ0) is 15.6. The lowest BCUT2D eigenvalue weighted by Crippen LogP contribution is -2.59. The number of benzene rings is 1. The van der Waals surface area contributed by atoms with Gasteiger partial charge in [0.05, 0.1) is 6.54 Å². The number of nitrogens with zero attached hydrogens (tertiary/aromatic N) is 1. The normalized spacial score (nSPS) is 19.5. The average Bonchev–Trinajstić information content (AvgIpc) is 2.91.